The molecule has 13 heavy (non-hydrogen) atoms. The Bertz CT molecular complexity index is 440. The molecule has 3 heteroatoms. The summed E-state index contributed by atoms with van der Waals surface area (Å²) >= 11 is 0. The van der Waals surface area contributed by atoms with Crippen LogP contribution in [-0.4, -0.2) is 4.98 Å². The molecule has 0 saturated heterocycles. The van der Waals surface area contributed by atoms with Crippen LogP contribution >= 0.6 is 0 Å². The molecule has 0 amide bonds. The number of nitrogens with zero attached hydrogens (tertiary/aromatic N) is 1. The van der Waals surface area contributed by atoms with Gasteiger partial charge in [0, 0.05) is 29.9 Å². The molecule has 0 aliphatic rings. The zero-order valence-electron chi connectivity index (χ0n) is 7.00. The number of hydrogen-bond donors (Lipinski definition) is 1. The van der Waals surface area contributed by atoms with Crippen molar-refractivity contribution in [2.75, 3.05) is 0 Å². The van der Waals surface area contributed by atoms with Gasteiger partial charge in [-0.1, -0.05) is 0 Å². The summed E-state index contributed by atoms with van der Waals surface area (Å²) in [5.74, 6) is -0.249. The predicted octanol–water partition coefficient (Wildman–Crippen LogP) is 1.83. The topological polar surface area (TPSA) is 38.9 Å². The fraction of sp³-hybridized carbons (Fsp3) is 0.100. The lowest BCUT2D eigenvalue weighted by Crippen LogP contribution is -2.00. The Labute approximate surface area is 75.2 Å². The van der Waals surface area contributed by atoms with Crippen LogP contribution in [0.4, 0.5) is 4.39 Å². The first-order valence-corrected chi connectivity index (χ1v) is 4.04. The van der Waals surface area contributed by atoms with Crippen LogP contribution in [0, 0.1) is 5.82 Å². The number of aromatic nitrogens is 1. The Morgan fingerprint density at radius 1 is 1.31 bits per heavy atom. The van der Waals surface area contributed by atoms with Crippen LogP contribution in [0.3, 0.4) is 0 Å². The van der Waals surface area contributed by atoms with E-state index in [2.05, 4.69) is 4.98 Å². The summed E-state index contributed by atoms with van der Waals surface area (Å²) in [5.41, 5.74) is 6.01. The van der Waals surface area contributed by atoms with E-state index in [1.807, 2.05) is 0 Å². The van der Waals surface area contributed by atoms with Crippen LogP contribution < -0.4 is 5.73 Å². The molecule has 0 bridgehead atoms. The lowest BCUT2D eigenvalue weighted by molar-refractivity contribution is 0.613. The first-order valence-electron chi connectivity index (χ1n) is 4.04. The van der Waals surface area contributed by atoms with E-state index in [0.717, 1.165) is 10.8 Å². The fourth-order valence-electron chi connectivity index (χ4n) is 1.41. The minimum Gasteiger partial charge on any atom is -0.326 e. The maximum absolute atomic E-state index is 13.2. The molecule has 0 aliphatic carbocycles. The normalized spacial score (nSPS) is 10.6. The van der Waals surface area contributed by atoms with Gasteiger partial charge in [-0.15, -0.1) is 0 Å². The van der Waals surface area contributed by atoms with Gasteiger partial charge in [0.1, 0.15) is 5.82 Å². The van der Waals surface area contributed by atoms with Crippen molar-refractivity contribution in [2.24, 2.45) is 5.73 Å². The Morgan fingerprint density at radius 2 is 2.15 bits per heavy atom. The number of rotatable bonds is 1. The highest BCUT2D eigenvalue weighted by molar-refractivity contribution is 5.84. The van der Waals surface area contributed by atoms with Crippen LogP contribution in [0.1, 0.15) is 5.56 Å². The molecule has 66 valence electrons. The molecule has 0 spiro atoms. The Morgan fingerprint density at radius 3 is 2.92 bits per heavy atom. The molecule has 2 nitrogen and oxygen atoms in total. The van der Waals surface area contributed by atoms with Gasteiger partial charge in [-0.25, -0.2) is 4.39 Å². The van der Waals surface area contributed by atoms with Gasteiger partial charge in [0.05, 0.1) is 0 Å². The van der Waals surface area contributed by atoms with Crippen LogP contribution in [-0.2, 0) is 6.54 Å². The van der Waals surface area contributed by atoms with E-state index < -0.39 is 0 Å². The van der Waals surface area contributed by atoms with Gasteiger partial charge in [0.2, 0.25) is 0 Å². The molecule has 0 radical (unpaired) electrons. The van der Waals surface area contributed by atoms with Crippen LogP contribution in [0.15, 0.2) is 30.6 Å². The first kappa shape index (κ1) is 8.13. The second-order valence-corrected chi connectivity index (χ2v) is 2.83. The molecule has 0 aliphatic heterocycles. The molecule has 0 unspecified atom stereocenters. The van der Waals surface area contributed by atoms with E-state index in [-0.39, 0.29) is 12.4 Å². The minimum absolute atomic E-state index is 0.215. The average molecular weight is 176 g/mol. The zero-order chi connectivity index (χ0) is 9.26. The van der Waals surface area contributed by atoms with Crippen molar-refractivity contribution in [3.63, 3.8) is 0 Å². The van der Waals surface area contributed by atoms with Gasteiger partial charge in [0.25, 0.3) is 0 Å². The van der Waals surface area contributed by atoms with Gasteiger partial charge >= 0.3 is 0 Å². The number of halogens is 1. The molecule has 1 aromatic heterocycles. The van der Waals surface area contributed by atoms with Crippen molar-refractivity contribution in [1.29, 1.82) is 0 Å². The number of nitrogens with two attached hydrogens (primary N) is 1. The maximum Gasteiger partial charge on any atom is 0.128 e. The molecule has 0 atom stereocenters. The molecule has 0 fully saturated rings. The molecule has 0 saturated carbocycles. The summed E-state index contributed by atoms with van der Waals surface area (Å²) in [6.07, 6.45) is 3.34. The highest BCUT2D eigenvalue weighted by atomic mass is 19.1. The summed E-state index contributed by atoms with van der Waals surface area (Å²) in [6.45, 7) is 0.215. The van der Waals surface area contributed by atoms with Crippen molar-refractivity contribution in [3.8, 4) is 0 Å². The van der Waals surface area contributed by atoms with Gasteiger partial charge in [0.15, 0.2) is 0 Å². The molecule has 2 N–H and O–H groups in total. The van der Waals surface area contributed by atoms with Gasteiger partial charge in [-0.05, 0) is 23.6 Å². The average Bonchev–Trinajstić information content (AvgIpc) is 2.18. The third-order valence-corrected chi connectivity index (χ3v) is 2.08. The molecule has 2 aromatic rings. The van der Waals surface area contributed by atoms with E-state index in [1.54, 1.807) is 24.5 Å². The van der Waals surface area contributed by atoms with E-state index in [4.69, 9.17) is 5.73 Å². The lowest BCUT2D eigenvalue weighted by atomic mass is 10.1. The summed E-state index contributed by atoms with van der Waals surface area (Å²) in [6, 6.07) is 4.91. The van der Waals surface area contributed by atoms with E-state index in [0.29, 0.717) is 5.56 Å². The van der Waals surface area contributed by atoms with Crippen LogP contribution in [0.5, 0.6) is 0 Å². The predicted molar refractivity (Wildman–Crippen MR) is 49.6 cm³/mol. The lowest BCUT2D eigenvalue weighted by Gasteiger charge is -2.04. The summed E-state index contributed by atoms with van der Waals surface area (Å²) in [5, 5.41) is 1.77. The van der Waals surface area contributed by atoms with Crippen molar-refractivity contribution >= 4 is 10.8 Å². The summed E-state index contributed by atoms with van der Waals surface area (Å²) < 4.78 is 13.2. The van der Waals surface area contributed by atoms with Gasteiger partial charge < -0.3 is 5.73 Å². The van der Waals surface area contributed by atoms with E-state index in [9.17, 15) is 4.39 Å². The Balaban J connectivity index is 2.84. The second kappa shape index (κ2) is 3.11. The monoisotopic (exact) mass is 176 g/mol. The molecule has 1 heterocycles. The van der Waals surface area contributed by atoms with Crippen molar-refractivity contribution < 1.29 is 4.39 Å². The number of pyridine rings is 1. The highest BCUT2D eigenvalue weighted by Gasteiger charge is 2.04. The molecular weight excluding hydrogens is 167 g/mol. The summed E-state index contributed by atoms with van der Waals surface area (Å²) in [4.78, 5) is 3.95. The Hall–Kier alpha value is -1.48. The highest BCUT2D eigenvalue weighted by Crippen LogP contribution is 2.19. The second-order valence-electron chi connectivity index (χ2n) is 2.83. The van der Waals surface area contributed by atoms with E-state index >= 15 is 0 Å². The minimum atomic E-state index is -0.249. The fourth-order valence-corrected chi connectivity index (χ4v) is 1.41. The number of benzene rings is 1. The van der Waals surface area contributed by atoms with E-state index in [1.165, 1.54) is 6.07 Å². The van der Waals surface area contributed by atoms with Crippen molar-refractivity contribution in [3.05, 3.63) is 42.0 Å². The van der Waals surface area contributed by atoms with Gasteiger partial charge in [-0.2, -0.15) is 0 Å². The zero-order valence-corrected chi connectivity index (χ0v) is 7.00. The van der Waals surface area contributed by atoms with Gasteiger partial charge in [-0.3, -0.25) is 4.98 Å². The Kier molecular flexibility index (Phi) is 1.94. The SMILES string of the molecule is NCc1c(F)ccc2cnccc12. The van der Waals surface area contributed by atoms with Crippen LogP contribution in [0.25, 0.3) is 10.8 Å². The maximum atomic E-state index is 13.2. The first-order chi connectivity index (χ1) is 6.33. The molecule has 1 aromatic carbocycles. The largest absolute Gasteiger partial charge is 0.326 e. The van der Waals surface area contributed by atoms with Crippen molar-refractivity contribution in [1.82, 2.24) is 4.98 Å². The number of fused-ring (bicyclic) bond motifs is 1. The molecule has 2 rings (SSSR count). The standard InChI is InChI=1S/C10H9FN2/c11-10-2-1-7-6-13-4-3-8(7)9(10)5-12/h1-4,6H,5,12H2. The van der Waals surface area contributed by atoms with Crippen LogP contribution in [0.2, 0.25) is 0 Å². The number of hydrogen-bond acceptors (Lipinski definition) is 2. The third-order valence-electron chi connectivity index (χ3n) is 2.08. The quantitative estimate of drug-likeness (QED) is 0.720. The summed E-state index contributed by atoms with van der Waals surface area (Å²) in [7, 11) is 0. The third kappa shape index (κ3) is 1.27. The molecular formula is C10H9FN2. The smallest absolute Gasteiger partial charge is 0.128 e. The van der Waals surface area contributed by atoms with Crippen molar-refractivity contribution in [2.45, 2.75) is 6.54 Å².